The number of nitrogens with zero attached hydrogens (tertiary/aromatic N) is 1. The predicted molar refractivity (Wildman–Crippen MR) is 67.1 cm³/mol. The van der Waals surface area contributed by atoms with Crippen LogP contribution < -0.4 is 0 Å². The summed E-state index contributed by atoms with van der Waals surface area (Å²) in [6.45, 7) is 1.26. The third kappa shape index (κ3) is 2.82. The minimum atomic E-state index is -0.585. The Balaban J connectivity index is 2.12. The van der Waals surface area contributed by atoms with E-state index < -0.39 is 5.82 Å². The van der Waals surface area contributed by atoms with E-state index in [9.17, 15) is 9.18 Å². The van der Waals surface area contributed by atoms with Crippen LogP contribution in [0.15, 0.2) is 18.2 Å². The molecule has 0 spiro atoms. The number of aliphatic hydroxyl groups excluding tert-OH is 1. The summed E-state index contributed by atoms with van der Waals surface area (Å²) in [6.07, 6.45) is 1.79. The zero-order valence-electron chi connectivity index (χ0n) is 9.90. The lowest BCUT2D eigenvalue weighted by molar-refractivity contribution is 0.0620. The van der Waals surface area contributed by atoms with E-state index in [0.717, 1.165) is 18.9 Å². The fraction of sp³-hybridized carbons (Fsp3) is 0.462. The molecule has 18 heavy (non-hydrogen) atoms. The van der Waals surface area contributed by atoms with Gasteiger partial charge < -0.3 is 10.0 Å². The van der Waals surface area contributed by atoms with Gasteiger partial charge >= 0.3 is 0 Å². The average Bonchev–Trinajstić information content (AvgIpc) is 2.41. The van der Waals surface area contributed by atoms with E-state index in [2.05, 4.69) is 0 Å². The van der Waals surface area contributed by atoms with Gasteiger partial charge in [-0.1, -0.05) is 11.6 Å². The predicted octanol–water partition coefficient (Wildman–Crippen LogP) is 2.32. The van der Waals surface area contributed by atoms with Crippen LogP contribution in [0.5, 0.6) is 0 Å². The molecule has 2 rings (SSSR count). The molecule has 1 atom stereocenters. The second-order valence-electron chi connectivity index (χ2n) is 4.57. The van der Waals surface area contributed by atoms with E-state index in [1.807, 2.05) is 0 Å². The van der Waals surface area contributed by atoms with Crippen LogP contribution in [-0.4, -0.2) is 35.6 Å². The molecule has 5 heteroatoms. The number of amides is 1. The molecule has 1 aliphatic heterocycles. The zero-order chi connectivity index (χ0) is 13.1. The molecule has 1 N–H and O–H groups in total. The number of piperidine rings is 1. The molecule has 0 aromatic heterocycles. The highest BCUT2D eigenvalue weighted by Gasteiger charge is 2.24. The Morgan fingerprint density at radius 2 is 2.33 bits per heavy atom. The molecule has 1 unspecified atom stereocenters. The van der Waals surface area contributed by atoms with Crippen molar-refractivity contribution in [2.45, 2.75) is 12.8 Å². The summed E-state index contributed by atoms with van der Waals surface area (Å²) in [5, 5.41) is 9.14. The van der Waals surface area contributed by atoms with Crippen molar-refractivity contribution in [2.24, 2.45) is 5.92 Å². The van der Waals surface area contributed by atoms with Crippen molar-refractivity contribution >= 4 is 17.5 Å². The Morgan fingerprint density at radius 1 is 1.56 bits per heavy atom. The van der Waals surface area contributed by atoms with Crippen LogP contribution in [0.25, 0.3) is 0 Å². The quantitative estimate of drug-likeness (QED) is 0.897. The largest absolute Gasteiger partial charge is 0.396 e. The molecule has 1 aromatic carbocycles. The lowest BCUT2D eigenvalue weighted by atomic mass is 9.98. The minimum absolute atomic E-state index is 0.0124. The Labute approximate surface area is 110 Å². The first-order valence-electron chi connectivity index (χ1n) is 5.97. The molecule has 0 radical (unpaired) electrons. The SMILES string of the molecule is O=C(c1ccc(Cl)c(F)c1)N1CCCC(CO)C1. The van der Waals surface area contributed by atoms with Crippen molar-refractivity contribution in [3.05, 3.63) is 34.6 Å². The number of hydrogen-bond donors (Lipinski definition) is 1. The molecule has 1 fully saturated rings. The van der Waals surface area contributed by atoms with Crippen LogP contribution in [0.1, 0.15) is 23.2 Å². The summed E-state index contributed by atoms with van der Waals surface area (Å²) in [5.74, 6) is -0.665. The lowest BCUT2D eigenvalue weighted by Crippen LogP contribution is -2.40. The van der Waals surface area contributed by atoms with E-state index in [4.69, 9.17) is 16.7 Å². The molecule has 3 nitrogen and oxygen atoms in total. The Hall–Kier alpha value is -1.13. The summed E-state index contributed by atoms with van der Waals surface area (Å²) >= 11 is 5.58. The van der Waals surface area contributed by atoms with Gasteiger partial charge in [0.15, 0.2) is 0 Å². The number of aliphatic hydroxyl groups is 1. The third-order valence-electron chi connectivity index (χ3n) is 3.23. The minimum Gasteiger partial charge on any atom is -0.396 e. The van der Waals surface area contributed by atoms with Crippen LogP contribution in [0.3, 0.4) is 0 Å². The van der Waals surface area contributed by atoms with Gasteiger partial charge in [-0.05, 0) is 37.0 Å². The number of rotatable bonds is 2. The highest BCUT2D eigenvalue weighted by Crippen LogP contribution is 2.20. The van der Waals surface area contributed by atoms with E-state index in [-0.39, 0.29) is 23.5 Å². The normalized spacial score (nSPS) is 19.9. The van der Waals surface area contributed by atoms with E-state index >= 15 is 0 Å². The summed E-state index contributed by atoms with van der Waals surface area (Å²) in [4.78, 5) is 13.8. The number of benzene rings is 1. The Morgan fingerprint density at radius 3 is 3.00 bits per heavy atom. The topological polar surface area (TPSA) is 40.5 Å². The van der Waals surface area contributed by atoms with Crippen molar-refractivity contribution in [1.82, 2.24) is 4.90 Å². The molecular formula is C13H15ClFNO2. The summed E-state index contributed by atoms with van der Waals surface area (Å²) in [7, 11) is 0. The first-order chi connectivity index (χ1) is 8.61. The van der Waals surface area contributed by atoms with Crippen LogP contribution in [0, 0.1) is 11.7 Å². The van der Waals surface area contributed by atoms with Gasteiger partial charge in [-0.2, -0.15) is 0 Å². The monoisotopic (exact) mass is 271 g/mol. The molecule has 0 aliphatic carbocycles. The molecule has 0 bridgehead atoms. The maximum atomic E-state index is 13.3. The van der Waals surface area contributed by atoms with Crippen molar-refractivity contribution in [3.8, 4) is 0 Å². The maximum Gasteiger partial charge on any atom is 0.253 e. The Kier molecular flexibility index (Phi) is 4.19. The maximum absolute atomic E-state index is 13.3. The zero-order valence-corrected chi connectivity index (χ0v) is 10.7. The first kappa shape index (κ1) is 13.3. The van der Waals surface area contributed by atoms with Crippen molar-refractivity contribution in [1.29, 1.82) is 0 Å². The second-order valence-corrected chi connectivity index (χ2v) is 4.98. The second kappa shape index (κ2) is 5.67. The highest BCUT2D eigenvalue weighted by molar-refractivity contribution is 6.30. The summed E-state index contributed by atoms with van der Waals surface area (Å²) in [5.41, 5.74) is 0.301. The Bertz CT molecular complexity index is 453. The van der Waals surface area contributed by atoms with Crippen LogP contribution in [0.4, 0.5) is 4.39 Å². The van der Waals surface area contributed by atoms with Gasteiger partial charge in [0.1, 0.15) is 5.82 Å². The summed E-state index contributed by atoms with van der Waals surface area (Å²) in [6, 6.07) is 4.07. The average molecular weight is 272 g/mol. The number of carbonyl (C=O) groups is 1. The van der Waals surface area contributed by atoms with Gasteiger partial charge in [-0.15, -0.1) is 0 Å². The van der Waals surface area contributed by atoms with Gasteiger partial charge in [0.25, 0.3) is 5.91 Å². The van der Waals surface area contributed by atoms with Gasteiger partial charge in [0.2, 0.25) is 0 Å². The molecule has 0 saturated carbocycles. The van der Waals surface area contributed by atoms with E-state index in [0.29, 0.717) is 18.7 Å². The molecule has 98 valence electrons. The van der Waals surface area contributed by atoms with Gasteiger partial charge in [-0.25, -0.2) is 4.39 Å². The molecule has 1 aromatic rings. The standard InChI is InChI=1S/C13H15ClFNO2/c14-11-4-3-10(6-12(11)15)13(18)16-5-1-2-9(7-16)8-17/h3-4,6,9,17H,1-2,5,7-8H2. The number of carbonyl (C=O) groups excluding carboxylic acids is 1. The fourth-order valence-electron chi connectivity index (χ4n) is 2.21. The summed E-state index contributed by atoms with van der Waals surface area (Å²) < 4.78 is 13.3. The van der Waals surface area contributed by atoms with Gasteiger partial charge in [-0.3, -0.25) is 4.79 Å². The fourth-order valence-corrected chi connectivity index (χ4v) is 2.33. The van der Waals surface area contributed by atoms with Crippen LogP contribution >= 0.6 is 11.6 Å². The first-order valence-corrected chi connectivity index (χ1v) is 6.35. The van der Waals surface area contributed by atoms with Crippen molar-refractivity contribution in [2.75, 3.05) is 19.7 Å². The molecule has 1 saturated heterocycles. The smallest absolute Gasteiger partial charge is 0.253 e. The number of halogens is 2. The highest BCUT2D eigenvalue weighted by atomic mass is 35.5. The van der Waals surface area contributed by atoms with Crippen molar-refractivity contribution < 1.29 is 14.3 Å². The van der Waals surface area contributed by atoms with Gasteiger partial charge in [0, 0.05) is 25.3 Å². The number of hydrogen-bond acceptors (Lipinski definition) is 2. The van der Waals surface area contributed by atoms with Crippen LogP contribution in [-0.2, 0) is 0 Å². The number of likely N-dealkylation sites (tertiary alicyclic amines) is 1. The van der Waals surface area contributed by atoms with E-state index in [1.165, 1.54) is 12.1 Å². The van der Waals surface area contributed by atoms with E-state index in [1.54, 1.807) is 4.90 Å². The third-order valence-corrected chi connectivity index (χ3v) is 3.54. The molecule has 1 amide bonds. The molecule has 1 aliphatic rings. The van der Waals surface area contributed by atoms with Crippen molar-refractivity contribution in [3.63, 3.8) is 0 Å². The molecule has 1 heterocycles. The lowest BCUT2D eigenvalue weighted by Gasteiger charge is -2.31. The van der Waals surface area contributed by atoms with Gasteiger partial charge in [0.05, 0.1) is 5.02 Å². The molecular weight excluding hydrogens is 257 g/mol. The van der Waals surface area contributed by atoms with Crippen LogP contribution in [0.2, 0.25) is 5.02 Å².